The Balaban J connectivity index is 1.83. The first kappa shape index (κ1) is 16.3. The molecule has 1 aromatic carbocycles. The van der Waals surface area contributed by atoms with E-state index in [9.17, 15) is 9.59 Å². The Morgan fingerprint density at radius 1 is 1.33 bits per heavy atom. The number of carbonyl (C=O) groups excluding carboxylic acids is 1. The molecule has 3 rings (SSSR count). The van der Waals surface area contributed by atoms with E-state index in [0.29, 0.717) is 27.5 Å². The topological polar surface area (TPSA) is 89.9 Å². The molecule has 0 saturated heterocycles. The normalized spacial score (nSPS) is 12.3. The quantitative estimate of drug-likeness (QED) is 0.433. The zero-order chi connectivity index (χ0) is 17.3. The number of nitrogens with zero attached hydrogens (tertiary/aromatic N) is 3. The van der Waals surface area contributed by atoms with Gasteiger partial charge in [0.25, 0.3) is 5.56 Å². The van der Waals surface area contributed by atoms with Crippen LogP contribution in [0.3, 0.4) is 0 Å². The molecule has 124 valence electrons. The van der Waals surface area contributed by atoms with Gasteiger partial charge in [-0.05, 0) is 31.2 Å². The van der Waals surface area contributed by atoms with Gasteiger partial charge in [0, 0.05) is 12.6 Å². The van der Waals surface area contributed by atoms with Crippen molar-refractivity contribution in [1.29, 1.82) is 0 Å². The molecule has 7 nitrogen and oxygen atoms in total. The number of ether oxygens (including phenoxy) is 1. The Morgan fingerprint density at radius 3 is 2.71 bits per heavy atom. The lowest BCUT2D eigenvalue weighted by Crippen LogP contribution is -2.16. The van der Waals surface area contributed by atoms with Gasteiger partial charge in [0.2, 0.25) is 0 Å². The predicted octanol–water partition coefficient (Wildman–Crippen LogP) is 2.03. The van der Waals surface area contributed by atoms with Crippen LogP contribution in [0.5, 0.6) is 5.75 Å². The lowest BCUT2D eigenvalue weighted by Gasteiger charge is -2.10. The molecule has 0 saturated carbocycles. The largest absolute Gasteiger partial charge is 0.497 e. The number of H-pyrrole nitrogens is 1. The summed E-state index contributed by atoms with van der Waals surface area (Å²) in [5, 5.41) is 4.45. The SMILES string of the molecule is COc1ccc(C(=O)C(C)Sc2nc3c(cnn3C)c(=O)[nH]2)cc1. The molecule has 1 unspecified atom stereocenters. The van der Waals surface area contributed by atoms with Crippen LogP contribution in [-0.4, -0.2) is 37.9 Å². The molecule has 2 heterocycles. The van der Waals surface area contributed by atoms with Crippen molar-refractivity contribution in [3.8, 4) is 5.75 Å². The second kappa shape index (κ2) is 6.48. The van der Waals surface area contributed by atoms with E-state index < -0.39 is 5.25 Å². The van der Waals surface area contributed by atoms with Crippen LogP contribution < -0.4 is 10.3 Å². The number of ketones is 1. The van der Waals surface area contributed by atoms with Crippen molar-refractivity contribution >= 4 is 28.6 Å². The Bertz CT molecular complexity index is 946. The van der Waals surface area contributed by atoms with Gasteiger partial charge >= 0.3 is 0 Å². The number of nitrogens with one attached hydrogen (secondary N) is 1. The summed E-state index contributed by atoms with van der Waals surface area (Å²) < 4.78 is 6.62. The monoisotopic (exact) mass is 344 g/mol. The molecule has 0 radical (unpaired) electrons. The first-order valence-electron chi connectivity index (χ1n) is 7.26. The minimum absolute atomic E-state index is 0.0459. The van der Waals surface area contributed by atoms with E-state index in [2.05, 4.69) is 15.1 Å². The van der Waals surface area contributed by atoms with Gasteiger partial charge in [-0.2, -0.15) is 5.10 Å². The van der Waals surface area contributed by atoms with Gasteiger partial charge < -0.3 is 9.72 Å². The number of aromatic amines is 1. The van der Waals surface area contributed by atoms with Gasteiger partial charge in [0.05, 0.1) is 18.6 Å². The Hall–Kier alpha value is -2.61. The molecular weight excluding hydrogens is 328 g/mol. The van der Waals surface area contributed by atoms with Gasteiger partial charge in [-0.1, -0.05) is 11.8 Å². The molecule has 0 bridgehead atoms. The maximum atomic E-state index is 12.5. The summed E-state index contributed by atoms with van der Waals surface area (Å²) in [6, 6.07) is 6.93. The molecule has 0 aliphatic heterocycles. The molecular formula is C16H16N4O3S. The number of Topliss-reactive ketones (excluding diaryl/α,β-unsaturated/α-hetero) is 1. The fourth-order valence-electron chi connectivity index (χ4n) is 2.28. The second-order valence-electron chi connectivity index (χ2n) is 5.23. The molecule has 0 aliphatic carbocycles. The average Bonchev–Trinajstić information content (AvgIpc) is 2.96. The minimum Gasteiger partial charge on any atom is -0.497 e. The number of aryl methyl sites for hydroxylation is 1. The third kappa shape index (κ3) is 3.05. The fraction of sp³-hybridized carbons (Fsp3) is 0.250. The molecule has 0 spiro atoms. The van der Waals surface area contributed by atoms with Crippen molar-refractivity contribution in [1.82, 2.24) is 19.7 Å². The summed E-state index contributed by atoms with van der Waals surface area (Å²) in [6.07, 6.45) is 1.47. The number of benzene rings is 1. The van der Waals surface area contributed by atoms with E-state index in [0.717, 1.165) is 0 Å². The van der Waals surface area contributed by atoms with Gasteiger partial charge in [0.1, 0.15) is 11.1 Å². The zero-order valence-electron chi connectivity index (χ0n) is 13.4. The van der Waals surface area contributed by atoms with E-state index in [4.69, 9.17) is 4.74 Å². The van der Waals surface area contributed by atoms with Gasteiger partial charge in [-0.15, -0.1) is 0 Å². The molecule has 8 heteroatoms. The van der Waals surface area contributed by atoms with Gasteiger partial charge in [-0.25, -0.2) is 4.98 Å². The van der Waals surface area contributed by atoms with Crippen LogP contribution >= 0.6 is 11.8 Å². The Labute approximate surface area is 142 Å². The van der Waals surface area contributed by atoms with E-state index in [-0.39, 0.29) is 11.3 Å². The highest BCUT2D eigenvalue weighted by molar-refractivity contribution is 8.00. The van der Waals surface area contributed by atoms with Crippen LogP contribution in [0.4, 0.5) is 0 Å². The third-order valence-corrected chi connectivity index (χ3v) is 4.60. The number of aromatic nitrogens is 4. The smallest absolute Gasteiger partial charge is 0.262 e. The van der Waals surface area contributed by atoms with E-state index in [1.807, 2.05) is 0 Å². The number of carbonyl (C=O) groups is 1. The van der Waals surface area contributed by atoms with Crippen LogP contribution in [0.25, 0.3) is 11.0 Å². The molecule has 24 heavy (non-hydrogen) atoms. The van der Waals surface area contributed by atoms with E-state index in [1.54, 1.807) is 45.3 Å². The van der Waals surface area contributed by atoms with Crippen molar-refractivity contribution in [2.24, 2.45) is 7.05 Å². The summed E-state index contributed by atoms with van der Waals surface area (Å²) >= 11 is 1.21. The number of hydrogen-bond acceptors (Lipinski definition) is 6. The van der Waals surface area contributed by atoms with Crippen LogP contribution in [0, 0.1) is 0 Å². The van der Waals surface area contributed by atoms with Crippen LogP contribution in [0.1, 0.15) is 17.3 Å². The highest BCUT2D eigenvalue weighted by atomic mass is 32.2. The van der Waals surface area contributed by atoms with Crippen molar-refractivity contribution in [2.45, 2.75) is 17.3 Å². The Morgan fingerprint density at radius 2 is 2.04 bits per heavy atom. The van der Waals surface area contributed by atoms with E-state index >= 15 is 0 Å². The average molecular weight is 344 g/mol. The minimum atomic E-state index is -0.396. The lowest BCUT2D eigenvalue weighted by atomic mass is 10.1. The lowest BCUT2D eigenvalue weighted by molar-refractivity contribution is 0.0994. The van der Waals surface area contributed by atoms with Crippen LogP contribution in [0.15, 0.2) is 40.4 Å². The number of hydrogen-bond donors (Lipinski definition) is 1. The number of methoxy groups -OCH3 is 1. The summed E-state index contributed by atoms with van der Waals surface area (Å²) in [6.45, 7) is 1.78. The summed E-state index contributed by atoms with van der Waals surface area (Å²) in [5.74, 6) is 0.648. The zero-order valence-corrected chi connectivity index (χ0v) is 14.3. The van der Waals surface area contributed by atoms with Gasteiger partial charge in [-0.3, -0.25) is 14.3 Å². The first-order chi connectivity index (χ1) is 11.5. The Kier molecular flexibility index (Phi) is 4.39. The molecule has 3 aromatic rings. The highest BCUT2D eigenvalue weighted by Crippen LogP contribution is 2.23. The first-order valence-corrected chi connectivity index (χ1v) is 8.14. The molecule has 2 aromatic heterocycles. The molecule has 0 aliphatic rings. The second-order valence-corrected chi connectivity index (χ2v) is 6.56. The third-order valence-electron chi connectivity index (χ3n) is 3.61. The molecule has 0 amide bonds. The molecule has 0 fully saturated rings. The van der Waals surface area contributed by atoms with Gasteiger partial charge in [0.15, 0.2) is 16.6 Å². The van der Waals surface area contributed by atoms with Crippen molar-refractivity contribution < 1.29 is 9.53 Å². The fourth-order valence-corrected chi connectivity index (χ4v) is 3.15. The standard InChI is InChI=1S/C16H16N4O3S/c1-9(13(21)10-4-6-11(23-3)7-5-10)24-16-18-14-12(15(22)19-16)8-17-20(14)2/h4-9H,1-3H3,(H,18,19,22). The number of thioether (sulfide) groups is 1. The summed E-state index contributed by atoms with van der Waals surface area (Å²) in [7, 11) is 3.29. The van der Waals surface area contributed by atoms with Crippen molar-refractivity contribution in [3.05, 3.63) is 46.4 Å². The summed E-state index contributed by atoms with van der Waals surface area (Å²) in [4.78, 5) is 31.6. The van der Waals surface area contributed by atoms with E-state index in [1.165, 1.54) is 22.6 Å². The van der Waals surface area contributed by atoms with Crippen LogP contribution in [0.2, 0.25) is 0 Å². The highest BCUT2D eigenvalue weighted by Gasteiger charge is 2.19. The van der Waals surface area contributed by atoms with Crippen molar-refractivity contribution in [2.75, 3.05) is 7.11 Å². The maximum Gasteiger partial charge on any atom is 0.262 e. The predicted molar refractivity (Wildman–Crippen MR) is 91.8 cm³/mol. The molecule has 1 atom stereocenters. The number of rotatable bonds is 5. The summed E-state index contributed by atoms with van der Waals surface area (Å²) in [5.41, 5.74) is 0.810. The molecule has 1 N–H and O–H groups in total. The van der Waals surface area contributed by atoms with Crippen LogP contribution in [-0.2, 0) is 7.05 Å². The maximum absolute atomic E-state index is 12.5. The van der Waals surface area contributed by atoms with Crippen molar-refractivity contribution in [3.63, 3.8) is 0 Å². The number of fused-ring (bicyclic) bond motifs is 1.